The van der Waals surface area contributed by atoms with Crippen LogP contribution in [0.4, 0.5) is 11.4 Å². The number of anilines is 2. The molecule has 1 aliphatic rings. The van der Waals surface area contributed by atoms with E-state index in [0.29, 0.717) is 23.9 Å². The maximum atomic E-state index is 12.4. The summed E-state index contributed by atoms with van der Waals surface area (Å²) in [5.41, 5.74) is 2.67. The number of hydrogen-bond acceptors (Lipinski definition) is 4. The maximum absolute atomic E-state index is 12.4. The molecule has 2 aromatic rings. The molecule has 3 atom stereocenters. The number of halogens is 1. The van der Waals surface area contributed by atoms with Crippen LogP contribution in [-0.4, -0.2) is 31.2 Å². The van der Waals surface area contributed by atoms with E-state index >= 15 is 0 Å². The molecular weight excluding hydrogens is 350 g/mol. The summed E-state index contributed by atoms with van der Waals surface area (Å²) in [5, 5.41) is 10.0. The second kappa shape index (κ2) is 8.54. The van der Waals surface area contributed by atoms with Gasteiger partial charge in [-0.2, -0.15) is 0 Å². The quantitative estimate of drug-likeness (QED) is 0.745. The third kappa shape index (κ3) is 4.55. The molecule has 1 unspecified atom stereocenters. The van der Waals surface area contributed by atoms with E-state index in [1.807, 2.05) is 37.3 Å². The van der Waals surface area contributed by atoms with Gasteiger partial charge in [0.2, 0.25) is 5.91 Å². The van der Waals surface area contributed by atoms with Crippen LogP contribution < -0.4 is 16.0 Å². The molecule has 1 amide bonds. The Morgan fingerprint density at radius 3 is 2.73 bits per heavy atom. The molecular formula is C20H24ClN3O2. The van der Waals surface area contributed by atoms with Crippen molar-refractivity contribution in [1.29, 1.82) is 0 Å². The molecule has 0 radical (unpaired) electrons. The van der Waals surface area contributed by atoms with E-state index in [-0.39, 0.29) is 24.1 Å². The summed E-state index contributed by atoms with van der Waals surface area (Å²) >= 11 is 6.40. The average Bonchev–Trinajstić information content (AvgIpc) is 2.65. The van der Waals surface area contributed by atoms with Crippen LogP contribution in [0.15, 0.2) is 48.5 Å². The van der Waals surface area contributed by atoms with Gasteiger partial charge in [0.05, 0.1) is 23.4 Å². The number of nitrogens with one attached hydrogen (secondary N) is 3. The molecule has 1 fully saturated rings. The normalized spacial score (nSPS) is 21.0. The molecule has 5 nitrogen and oxygen atoms in total. The van der Waals surface area contributed by atoms with Gasteiger partial charge in [-0.1, -0.05) is 41.9 Å². The smallest absolute Gasteiger partial charge is 0.244 e. The first-order chi connectivity index (χ1) is 12.5. The lowest BCUT2D eigenvalue weighted by Crippen LogP contribution is -2.53. The number of rotatable bonds is 5. The predicted molar refractivity (Wildman–Crippen MR) is 106 cm³/mol. The van der Waals surface area contributed by atoms with Crippen LogP contribution >= 0.6 is 11.6 Å². The van der Waals surface area contributed by atoms with Crippen molar-refractivity contribution in [2.45, 2.75) is 32.0 Å². The van der Waals surface area contributed by atoms with Gasteiger partial charge in [-0.25, -0.2) is 0 Å². The van der Waals surface area contributed by atoms with Crippen molar-refractivity contribution in [2.24, 2.45) is 0 Å². The molecule has 26 heavy (non-hydrogen) atoms. The molecule has 0 saturated carbocycles. The van der Waals surface area contributed by atoms with E-state index in [4.69, 9.17) is 16.3 Å². The van der Waals surface area contributed by atoms with Crippen molar-refractivity contribution >= 4 is 28.9 Å². The molecule has 1 heterocycles. The maximum Gasteiger partial charge on any atom is 0.244 e. The average molecular weight is 374 g/mol. The zero-order valence-electron chi connectivity index (χ0n) is 15.0. The minimum absolute atomic E-state index is 0.119. The zero-order valence-corrected chi connectivity index (χ0v) is 15.7. The number of carbonyl (C=O) groups excluding carboxylic acids is 1. The summed E-state index contributed by atoms with van der Waals surface area (Å²) in [6.07, 6.45) is -0.160. The van der Waals surface area contributed by atoms with Gasteiger partial charge in [-0.05, 0) is 37.6 Å². The van der Waals surface area contributed by atoms with Gasteiger partial charge in [0, 0.05) is 18.3 Å². The summed E-state index contributed by atoms with van der Waals surface area (Å²) in [5.74, 6) is -0.119. The Labute approximate surface area is 159 Å². The van der Waals surface area contributed by atoms with Crippen molar-refractivity contribution < 1.29 is 9.53 Å². The summed E-state index contributed by atoms with van der Waals surface area (Å²) in [6, 6.07) is 15.4. The van der Waals surface area contributed by atoms with Crippen molar-refractivity contribution in [3.63, 3.8) is 0 Å². The van der Waals surface area contributed by atoms with Gasteiger partial charge in [0.1, 0.15) is 6.04 Å². The molecule has 0 aliphatic carbocycles. The third-order valence-corrected chi connectivity index (χ3v) is 4.82. The highest BCUT2D eigenvalue weighted by Crippen LogP contribution is 2.29. The van der Waals surface area contributed by atoms with E-state index in [2.05, 4.69) is 35.0 Å². The van der Waals surface area contributed by atoms with Crippen molar-refractivity contribution in [2.75, 3.05) is 23.8 Å². The van der Waals surface area contributed by atoms with Crippen molar-refractivity contribution in [1.82, 2.24) is 5.32 Å². The topological polar surface area (TPSA) is 62.4 Å². The second-order valence-corrected chi connectivity index (χ2v) is 6.88. The number of morpholine rings is 1. The molecule has 3 N–H and O–H groups in total. The lowest BCUT2D eigenvalue weighted by atomic mass is 10.1. The fraction of sp³-hybridized carbons (Fsp3) is 0.350. The molecule has 0 spiro atoms. The molecule has 138 valence electrons. The SMILES string of the molecule is CC(Nc1ccc(NC(=O)[C@H]2NCCO[C@@H]2C)cc1Cl)c1ccccc1. The Morgan fingerprint density at radius 2 is 2.04 bits per heavy atom. The van der Waals surface area contributed by atoms with Crippen LogP contribution in [0.5, 0.6) is 0 Å². The second-order valence-electron chi connectivity index (χ2n) is 6.47. The fourth-order valence-corrected chi connectivity index (χ4v) is 3.25. The van der Waals surface area contributed by atoms with Gasteiger partial charge >= 0.3 is 0 Å². The van der Waals surface area contributed by atoms with Gasteiger partial charge in [-0.15, -0.1) is 0 Å². The molecule has 2 aromatic carbocycles. The Bertz CT molecular complexity index is 754. The number of amides is 1. The van der Waals surface area contributed by atoms with Crippen molar-refractivity contribution in [3.05, 3.63) is 59.1 Å². The van der Waals surface area contributed by atoms with Gasteiger partial charge in [-0.3, -0.25) is 4.79 Å². The van der Waals surface area contributed by atoms with E-state index in [0.717, 1.165) is 5.69 Å². The lowest BCUT2D eigenvalue weighted by Gasteiger charge is -2.29. The number of ether oxygens (including phenoxy) is 1. The van der Waals surface area contributed by atoms with Crippen molar-refractivity contribution in [3.8, 4) is 0 Å². The Balaban J connectivity index is 1.64. The zero-order chi connectivity index (χ0) is 18.5. The number of carbonyl (C=O) groups is 1. The predicted octanol–water partition coefficient (Wildman–Crippen LogP) is 3.83. The highest BCUT2D eigenvalue weighted by atomic mass is 35.5. The van der Waals surface area contributed by atoms with Gasteiger partial charge in [0.15, 0.2) is 0 Å². The number of benzene rings is 2. The Hall–Kier alpha value is -2.08. The lowest BCUT2D eigenvalue weighted by molar-refractivity contribution is -0.123. The molecule has 0 aromatic heterocycles. The van der Waals surface area contributed by atoms with E-state index < -0.39 is 0 Å². The van der Waals surface area contributed by atoms with Crippen LogP contribution in [0.25, 0.3) is 0 Å². The number of hydrogen-bond donors (Lipinski definition) is 3. The van der Waals surface area contributed by atoms with E-state index in [9.17, 15) is 4.79 Å². The first-order valence-corrected chi connectivity index (χ1v) is 9.19. The molecule has 0 bridgehead atoms. The Morgan fingerprint density at radius 1 is 1.27 bits per heavy atom. The molecule has 3 rings (SSSR count). The van der Waals surface area contributed by atoms with Crippen LogP contribution in [0.2, 0.25) is 5.02 Å². The molecule has 1 saturated heterocycles. The van der Waals surface area contributed by atoms with Gasteiger partial charge in [0.25, 0.3) is 0 Å². The summed E-state index contributed by atoms with van der Waals surface area (Å²) < 4.78 is 5.52. The van der Waals surface area contributed by atoms with Crippen LogP contribution in [0.1, 0.15) is 25.5 Å². The molecule has 1 aliphatic heterocycles. The van der Waals surface area contributed by atoms with Gasteiger partial charge < -0.3 is 20.7 Å². The fourth-order valence-electron chi connectivity index (χ4n) is 3.02. The Kier molecular flexibility index (Phi) is 6.14. The highest BCUT2D eigenvalue weighted by Gasteiger charge is 2.28. The highest BCUT2D eigenvalue weighted by molar-refractivity contribution is 6.33. The first-order valence-electron chi connectivity index (χ1n) is 8.81. The third-order valence-electron chi connectivity index (χ3n) is 4.51. The monoisotopic (exact) mass is 373 g/mol. The minimum Gasteiger partial charge on any atom is -0.377 e. The van der Waals surface area contributed by atoms with Crippen LogP contribution in [-0.2, 0) is 9.53 Å². The summed E-state index contributed by atoms with van der Waals surface area (Å²) in [4.78, 5) is 12.4. The van der Waals surface area contributed by atoms with Crippen LogP contribution in [0, 0.1) is 0 Å². The van der Waals surface area contributed by atoms with E-state index in [1.54, 1.807) is 6.07 Å². The first kappa shape index (κ1) is 18.7. The minimum atomic E-state index is -0.363. The summed E-state index contributed by atoms with van der Waals surface area (Å²) in [7, 11) is 0. The standard InChI is InChI=1S/C20H24ClN3O2/c1-13(15-6-4-3-5-7-15)23-18-9-8-16(12-17(18)21)24-20(25)19-14(2)26-11-10-22-19/h3-9,12-14,19,22-23H,10-11H2,1-2H3,(H,24,25)/t13?,14-,19+/m1/s1. The van der Waals surface area contributed by atoms with E-state index in [1.165, 1.54) is 5.56 Å². The largest absolute Gasteiger partial charge is 0.377 e. The summed E-state index contributed by atoms with van der Waals surface area (Å²) in [6.45, 7) is 5.26. The van der Waals surface area contributed by atoms with Crippen LogP contribution in [0.3, 0.4) is 0 Å². The molecule has 6 heteroatoms.